The number of nitrogens with one attached hydrogen (secondary N) is 1. The van der Waals surface area contributed by atoms with E-state index >= 15 is 0 Å². The lowest BCUT2D eigenvalue weighted by atomic mass is 10.2. The van der Waals surface area contributed by atoms with Gasteiger partial charge in [0, 0.05) is 11.6 Å². The van der Waals surface area contributed by atoms with Crippen LogP contribution in [0.5, 0.6) is 5.75 Å². The molecular weight excluding hydrogens is 290 g/mol. The van der Waals surface area contributed by atoms with E-state index in [9.17, 15) is 9.59 Å². The third-order valence-electron chi connectivity index (χ3n) is 2.84. The third-order valence-corrected chi connectivity index (χ3v) is 3.21. The lowest BCUT2D eigenvalue weighted by Gasteiger charge is -2.09. The van der Waals surface area contributed by atoms with Crippen LogP contribution < -0.4 is 10.1 Å². The third kappa shape index (κ3) is 4.33. The van der Waals surface area contributed by atoms with Crippen LogP contribution in [0.3, 0.4) is 0 Å². The van der Waals surface area contributed by atoms with Gasteiger partial charge < -0.3 is 10.1 Å². The highest BCUT2D eigenvalue weighted by atomic mass is 35.5. The van der Waals surface area contributed by atoms with Crippen molar-refractivity contribution in [2.45, 2.75) is 6.54 Å². The van der Waals surface area contributed by atoms with E-state index in [1.807, 2.05) is 18.2 Å². The summed E-state index contributed by atoms with van der Waals surface area (Å²) >= 11 is 6.00. The van der Waals surface area contributed by atoms with Crippen LogP contribution in [-0.4, -0.2) is 18.8 Å². The summed E-state index contributed by atoms with van der Waals surface area (Å²) in [6.07, 6.45) is 0.691. The van der Waals surface area contributed by atoms with Crippen molar-refractivity contribution >= 4 is 23.8 Å². The second-order valence-corrected chi connectivity index (χ2v) is 4.72. The molecule has 4 nitrogen and oxygen atoms in total. The van der Waals surface area contributed by atoms with E-state index in [-0.39, 0.29) is 12.5 Å². The first kappa shape index (κ1) is 15.1. The maximum atomic E-state index is 11.7. The van der Waals surface area contributed by atoms with Gasteiger partial charge >= 0.3 is 0 Å². The van der Waals surface area contributed by atoms with Crippen molar-refractivity contribution in [3.05, 3.63) is 64.7 Å². The normalized spacial score (nSPS) is 9.95. The molecule has 2 rings (SSSR count). The van der Waals surface area contributed by atoms with Gasteiger partial charge in [0.2, 0.25) is 0 Å². The molecule has 0 spiro atoms. The zero-order chi connectivity index (χ0) is 15.1. The van der Waals surface area contributed by atoms with Crippen molar-refractivity contribution in [2.24, 2.45) is 0 Å². The molecule has 0 saturated carbocycles. The first-order valence-corrected chi connectivity index (χ1v) is 6.75. The Morgan fingerprint density at radius 1 is 1.14 bits per heavy atom. The van der Waals surface area contributed by atoms with Crippen LogP contribution in [0.25, 0.3) is 0 Å². The highest BCUT2D eigenvalue weighted by molar-refractivity contribution is 6.31. The predicted molar refractivity (Wildman–Crippen MR) is 80.6 cm³/mol. The Morgan fingerprint density at radius 3 is 2.62 bits per heavy atom. The van der Waals surface area contributed by atoms with Crippen LogP contribution in [0.2, 0.25) is 5.02 Å². The minimum Gasteiger partial charge on any atom is -0.483 e. The fraction of sp³-hybridized carbons (Fsp3) is 0.125. The molecule has 0 aliphatic rings. The van der Waals surface area contributed by atoms with E-state index in [0.29, 0.717) is 29.2 Å². The fourth-order valence-corrected chi connectivity index (χ4v) is 1.94. The maximum absolute atomic E-state index is 11.7. The number of amides is 1. The molecule has 0 aliphatic heterocycles. The molecule has 0 atom stereocenters. The Balaban J connectivity index is 1.85. The van der Waals surface area contributed by atoms with E-state index in [0.717, 1.165) is 5.56 Å². The summed E-state index contributed by atoms with van der Waals surface area (Å²) in [6, 6.07) is 14.0. The van der Waals surface area contributed by atoms with Crippen molar-refractivity contribution < 1.29 is 14.3 Å². The second kappa shape index (κ2) is 7.45. The van der Waals surface area contributed by atoms with Gasteiger partial charge in [-0.15, -0.1) is 0 Å². The van der Waals surface area contributed by atoms with Gasteiger partial charge in [0.25, 0.3) is 5.91 Å². The van der Waals surface area contributed by atoms with Gasteiger partial charge in [0.15, 0.2) is 12.9 Å². The summed E-state index contributed by atoms with van der Waals surface area (Å²) in [5.74, 6) is 0.107. The average Bonchev–Trinajstić information content (AvgIpc) is 2.52. The number of aldehydes is 1. The number of hydrogen-bond donors (Lipinski definition) is 1. The Hall–Kier alpha value is -2.33. The topological polar surface area (TPSA) is 55.4 Å². The van der Waals surface area contributed by atoms with Crippen molar-refractivity contribution in [2.75, 3.05) is 6.61 Å². The lowest BCUT2D eigenvalue weighted by molar-refractivity contribution is -0.123. The summed E-state index contributed by atoms with van der Waals surface area (Å²) in [6.45, 7) is 0.173. The molecule has 108 valence electrons. The molecule has 2 aromatic carbocycles. The number of carbonyl (C=O) groups is 2. The number of halogens is 1. The molecule has 21 heavy (non-hydrogen) atoms. The van der Waals surface area contributed by atoms with Crippen LogP contribution in [-0.2, 0) is 11.3 Å². The Morgan fingerprint density at radius 2 is 1.86 bits per heavy atom. The van der Waals surface area contributed by atoms with Gasteiger partial charge in [-0.1, -0.05) is 41.9 Å². The number of para-hydroxylation sites is 1. The lowest BCUT2D eigenvalue weighted by Crippen LogP contribution is -2.28. The molecule has 0 fully saturated rings. The van der Waals surface area contributed by atoms with Crippen molar-refractivity contribution in [1.82, 2.24) is 5.32 Å². The smallest absolute Gasteiger partial charge is 0.258 e. The minimum atomic E-state index is -0.282. The largest absolute Gasteiger partial charge is 0.483 e. The molecule has 0 radical (unpaired) electrons. The summed E-state index contributed by atoms with van der Waals surface area (Å²) < 4.78 is 5.33. The molecule has 0 aromatic heterocycles. The van der Waals surface area contributed by atoms with E-state index < -0.39 is 0 Å². The van der Waals surface area contributed by atoms with Crippen LogP contribution in [0.4, 0.5) is 0 Å². The summed E-state index contributed by atoms with van der Waals surface area (Å²) in [5.41, 5.74) is 1.25. The molecule has 5 heteroatoms. The molecule has 0 bridgehead atoms. The second-order valence-electron chi connectivity index (χ2n) is 4.31. The molecule has 1 amide bonds. The van der Waals surface area contributed by atoms with Crippen molar-refractivity contribution in [3.8, 4) is 5.75 Å². The van der Waals surface area contributed by atoms with Crippen LogP contribution in [0, 0.1) is 0 Å². The minimum absolute atomic E-state index is 0.157. The van der Waals surface area contributed by atoms with Crippen molar-refractivity contribution in [1.29, 1.82) is 0 Å². The quantitative estimate of drug-likeness (QED) is 0.835. The molecule has 0 unspecified atom stereocenters. The van der Waals surface area contributed by atoms with Gasteiger partial charge in [-0.2, -0.15) is 0 Å². The van der Waals surface area contributed by atoms with Gasteiger partial charge in [-0.05, 0) is 23.8 Å². The first-order valence-electron chi connectivity index (χ1n) is 6.38. The van der Waals surface area contributed by atoms with Crippen molar-refractivity contribution in [3.63, 3.8) is 0 Å². The Bertz CT molecular complexity index is 643. The van der Waals surface area contributed by atoms with Gasteiger partial charge in [0.05, 0.1) is 5.56 Å². The number of benzene rings is 2. The maximum Gasteiger partial charge on any atom is 0.258 e. The number of carbonyl (C=O) groups excluding carboxylic acids is 2. The zero-order valence-corrected chi connectivity index (χ0v) is 12.0. The summed E-state index contributed by atoms with van der Waals surface area (Å²) in [7, 11) is 0. The zero-order valence-electron chi connectivity index (χ0n) is 11.2. The predicted octanol–water partition coefficient (Wildman–Crippen LogP) is 2.85. The molecule has 0 heterocycles. The van der Waals surface area contributed by atoms with E-state index in [1.165, 1.54) is 0 Å². The van der Waals surface area contributed by atoms with E-state index in [2.05, 4.69) is 5.32 Å². The SMILES string of the molecule is O=Cc1ccccc1OCC(=O)NCc1ccccc1Cl. The summed E-state index contributed by atoms with van der Waals surface area (Å²) in [4.78, 5) is 22.6. The highest BCUT2D eigenvalue weighted by Crippen LogP contribution is 2.16. The number of rotatable bonds is 6. The van der Waals surface area contributed by atoms with Gasteiger partial charge in [-0.3, -0.25) is 9.59 Å². The molecular formula is C16H14ClNO3. The van der Waals surface area contributed by atoms with E-state index in [1.54, 1.807) is 30.3 Å². The standard InChI is InChI=1S/C16H14ClNO3/c17-14-7-3-1-5-12(14)9-18-16(20)11-21-15-8-4-2-6-13(15)10-19/h1-8,10H,9,11H2,(H,18,20). The molecule has 0 saturated heterocycles. The van der Waals surface area contributed by atoms with E-state index in [4.69, 9.17) is 16.3 Å². The number of ether oxygens (including phenoxy) is 1. The average molecular weight is 304 g/mol. The molecule has 1 N–H and O–H groups in total. The van der Waals surface area contributed by atoms with Crippen LogP contribution in [0.1, 0.15) is 15.9 Å². The first-order chi connectivity index (χ1) is 10.2. The van der Waals surface area contributed by atoms with Crippen LogP contribution in [0.15, 0.2) is 48.5 Å². The monoisotopic (exact) mass is 303 g/mol. The van der Waals surface area contributed by atoms with Gasteiger partial charge in [0.1, 0.15) is 5.75 Å². The Kier molecular flexibility index (Phi) is 5.35. The van der Waals surface area contributed by atoms with Crippen LogP contribution >= 0.6 is 11.6 Å². The number of hydrogen-bond acceptors (Lipinski definition) is 3. The van der Waals surface area contributed by atoms with Gasteiger partial charge in [-0.25, -0.2) is 0 Å². The highest BCUT2D eigenvalue weighted by Gasteiger charge is 2.07. The fourth-order valence-electron chi connectivity index (χ4n) is 1.74. The Labute approximate surface area is 127 Å². The molecule has 2 aromatic rings. The summed E-state index contributed by atoms with van der Waals surface area (Å²) in [5, 5.41) is 3.31. The molecule has 0 aliphatic carbocycles.